The summed E-state index contributed by atoms with van der Waals surface area (Å²) in [6, 6.07) is -0.198. The van der Waals surface area contributed by atoms with Gasteiger partial charge in [-0.3, -0.25) is 4.79 Å². The van der Waals surface area contributed by atoms with Gasteiger partial charge >= 0.3 is 12.0 Å². The summed E-state index contributed by atoms with van der Waals surface area (Å²) in [5.74, 6) is 1.59. The van der Waals surface area contributed by atoms with Gasteiger partial charge in [-0.1, -0.05) is 12.3 Å². The Morgan fingerprint density at radius 2 is 2.06 bits per heavy atom. The van der Waals surface area contributed by atoms with Crippen LogP contribution in [0, 0.1) is 12.3 Å². The average Bonchev–Trinajstić information content (AvgIpc) is 2.22. The third-order valence-corrected chi connectivity index (χ3v) is 2.02. The first-order valence-electron chi connectivity index (χ1n) is 5.22. The Balaban J connectivity index is 3.41. The number of urea groups is 1. The number of carbonyl (C=O) groups is 2. The van der Waals surface area contributed by atoms with Crippen molar-refractivity contribution >= 4 is 12.0 Å². The first kappa shape index (κ1) is 14.3. The molecule has 5 nitrogen and oxygen atoms in total. The largest absolute Gasteiger partial charge is 0.481 e. The summed E-state index contributed by atoms with van der Waals surface area (Å²) in [7, 11) is 1.62. The fourth-order valence-corrected chi connectivity index (χ4v) is 1.12. The Morgan fingerprint density at radius 3 is 2.62 bits per heavy atom. The number of terminal acetylenes is 1. The Morgan fingerprint density at radius 1 is 1.38 bits per heavy atom. The minimum absolute atomic E-state index is 0.185. The standard InChI is InChI=1S/C11H18N2O3/c1-3-9-13(2)11(16)12-8-6-4-5-7-10(14)15/h1H,4-9H2,2H3,(H,12,16)(H,14,15). The van der Waals surface area contributed by atoms with Crippen molar-refractivity contribution in [3.63, 3.8) is 0 Å². The fourth-order valence-electron chi connectivity index (χ4n) is 1.12. The molecule has 0 aromatic heterocycles. The summed E-state index contributed by atoms with van der Waals surface area (Å²) in [4.78, 5) is 22.9. The van der Waals surface area contributed by atoms with Gasteiger partial charge in [0.1, 0.15) is 0 Å². The molecular weight excluding hydrogens is 208 g/mol. The topological polar surface area (TPSA) is 69.6 Å². The molecule has 0 aliphatic carbocycles. The summed E-state index contributed by atoms with van der Waals surface area (Å²) >= 11 is 0. The predicted octanol–water partition coefficient (Wildman–Crippen LogP) is 0.906. The van der Waals surface area contributed by atoms with Gasteiger partial charge in [0.2, 0.25) is 0 Å². The third-order valence-electron chi connectivity index (χ3n) is 2.02. The van der Waals surface area contributed by atoms with Crippen LogP contribution in [0.15, 0.2) is 0 Å². The molecule has 0 bridgehead atoms. The van der Waals surface area contributed by atoms with Gasteiger partial charge in [-0.2, -0.15) is 0 Å². The van der Waals surface area contributed by atoms with Crippen LogP contribution >= 0.6 is 0 Å². The quantitative estimate of drug-likeness (QED) is 0.500. The smallest absolute Gasteiger partial charge is 0.317 e. The van der Waals surface area contributed by atoms with Gasteiger partial charge in [0.05, 0.1) is 6.54 Å². The SMILES string of the molecule is C#CCN(C)C(=O)NCCCCCC(=O)O. The number of carbonyl (C=O) groups excluding carboxylic acids is 1. The number of carboxylic acid groups (broad SMARTS) is 1. The summed E-state index contributed by atoms with van der Waals surface area (Å²) in [5, 5.41) is 11.1. The molecule has 0 spiro atoms. The van der Waals surface area contributed by atoms with E-state index in [-0.39, 0.29) is 19.0 Å². The fraction of sp³-hybridized carbons (Fsp3) is 0.636. The highest BCUT2D eigenvalue weighted by Crippen LogP contribution is 1.98. The lowest BCUT2D eigenvalue weighted by molar-refractivity contribution is -0.137. The highest BCUT2D eigenvalue weighted by atomic mass is 16.4. The molecule has 2 amide bonds. The molecule has 0 aromatic carbocycles. The maximum absolute atomic E-state index is 11.3. The lowest BCUT2D eigenvalue weighted by Gasteiger charge is -2.14. The average molecular weight is 226 g/mol. The van der Waals surface area contributed by atoms with Crippen molar-refractivity contribution in [1.29, 1.82) is 0 Å². The van der Waals surface area contributed by atoms with E-state index in [2.05, 4.69) is 11.2 Å². The van der Waals surface area contributed by atoms with Crippen LogP contribution in [0.1, 0.15) is 25.7 Å². The second-order valence-corrected chi connectivity index (χ2v) is 3.50. The van der Waals surface area contributed by atoms with Crippen molar-refractivity contribution in [3.05, 3.63) is 0 Å². The second-order valence-electron chi connectivity index (χ2n) is 3.50. The van der Waals surface area contributed by atoms with Crippen molar-refractivity contribution in [1.82, 2.24) is 10.2 Å². The first-order valence-corrected chi connectivity index (χ1v) is 5.22. The van der Waals surface area contributed by atoms with E-state index >= 15 is 0 Å². The number of nitrogens with one attached hydrogen (secondary N) is 1. The number of hydrogen-bond acceptors (Lipinski definition) is 2. The number of unbranched alkanes of at least 4 members (excludes halogenated alkanes) is 2. The third kappa shape index (κ3) is 7.68. The van der Waals surface area contributed by atoms with Gasteiger partial charge in [-0.05, 0) is 12.8 Å². The predicted molar refractivity (Wildman–Crippen MR) is 61.0 cm³/mol. The van der Waals surface area contributed by atoms with E-state index in [1.807, 2.05) is 0 Å². The Kier molecular flexibility index (Phi) is 7.68. The lowest BCUT2D eigenvalue weighted by Crippen LogP contribution is -2.37. The van der Waals surface area contributed by atoms with Gasteiger partial charge in [0.15, 0.2) is 0 Å². The van der Waals surface area contributed by atoms with Crippen LogP contribution < -0.4 is 5.32 Å². The Bertz CT molecular complexity index is 271. The molecule has 0 aliphatic rings. The summed E-state index contributed by atoms with van der Waals surface area (Å²) in [5.41, 5.74) is 0. The molecule has 0 aromatic rings. The second kappa shape index (κ2) is 8.60. The zero-order chi connectivity index (χ0) is 12.4. The molecule has 0 saturated carbocycles. The number of amides is 2. The normalized spacial score (nSPS) is 9.25. The number of hydrogen-bond donors (Lipinski definition) is 2. The van der Waals surface area contributed by atoms with Crippen molar-refractivity contribution in [2.45, 2.75) is 25.7 Å². The zero-order valence-electron chi connectivity index (χ0n) is 9.53. The minimum Gasteiger partial charge on any atom is -0.481 e. The Hall–Kier alpha value is -1.70. The van der Waals surface area contributed by atoms with Crippen molar-refractivity contribution in [3.8, 4) is 12.3 Å². The monoisotopic (exact) mass is 226 g/mol. The summed E-state index contributed by atoms with van der Waals surface area (Å²) < 4.78 is 0. The van der Waals surface area contributed by atoms with Crippen LogP contribution in [0.25, 0.3) is 0 Å². The highest BCUT2D eigenvalue weighted by molar-refractivity contribution is 5.74. The van der Waals surface area contributed by atoms with Gasteiger partial charge in [-0.25, -0.2) is 4.79 Å². The molecular formula is C11H18N2O3. The molecule has 0 radical (unpaired) electrons. The Labute approximate surface area is 95.8 Å². The molecule has 2 N–H and O–H groups in total. The van der Waals surface area contributed by atoms with Crippen molar-refractivity contribution < 1.29 is 14.7 Å². The van der Waals surface area contributed by atoms with E-state index in [1.165, 1.54) is 4.90 Å². The van der Waals surface area contributed by atoms with E-state index < -0.39 is 5.97 Å². The number of carboxylic acids is 1. The lowest BCUT2D eigenvalue weighted by atomic mass is 10.2. The van der Waals surface area contributed by atoms with Crippen LogP contribution in [-0.2, 0) is 4.79 Å². The van der Waals surface area contributed by atoms with Gasteiger partial charge < -0.3 is 15.3 Å². The number of nitrogens with zero attached hydrogens (tertiary/aromatic N) is 1. The molecule has 0 heterocycles. The van der Waals surface area contributed by atoms with Crippen molar-refractivity contribution in [2.75, 3.05) is 20.1 Å². The maximum atomic E-state index is 11.3. The maximum Gasteiger partial charge on any atom is 0.317 e. The molecule has 0 atom stereocenters. The van der Waals surface area contributed by atoms with E-state index in [1.54, 1.807) is 7.05 Å². The van der Waals surface area contributed by atoms with Crippen molar-refractivity contribution in [2.24, 2.45) is 0 Å². The van der Waals surface area contributed by atoms with Crippen LogP contribution in [0.4, 0.5) is 4.79 Å². The van der Waals surface area contributed by atoms with Crippen LogP contribution in [0.5, 0.6) is 0 Å². The van der Waals surface area contributed by atoms with Gasteiger partial charge in [0.25, 0.3) is 0 Å². The number of aliphatic carboxylic acids is 1. The molecule has 0 aliphatic heterocycles. The molecule has 0 saturated heterocycles. The molecule has 5 heteroatoms. The summed E-state index contributed by atoms with van der Waals surface area (Å²) in [6.07, 6.45) is 7.47. The van der Waals surface area contributed by atoms with Gasteiger partial charge in [-0.15, -0.1) is 6.42 Å². The number of rotatable bonds is 7. The first-order chi connectivity index (χ1) is 7.57. The zero-order valence-corrected chi connectivity index (χ0v) is 9.53. The highest BCUT2D eigenvalue weighted by Gasteiger charge is 2.04. The van der Waals surface area contributed by atoms with Crippen LogP contribution in [0.2, 0.25) is 0 Å². The minimum atomic E-state index is -0.780. The molecule has 0 fully saturated rings. The van der Waals surface area contributed by atoms with E-state index in [9.17, 15) is 9.59 Å². The van der Waals surface area contributed by atoms with Crippen LogP contribution in [-0.4, -0.2) is 42.1 Å². The van der Waals surface area contributed by atoms with E-state index in [0.717, 1.165) is 12.8 Å². The molecule has 16 heavy (non-hydrogen) atoms. The van der Waals surface area contributed by atoms with Gasteiger partial charge in [0, 0.05) is 20.0 Å². The summed E-state index contributed by atoms with van der Waals surface area (Å²) in [6.45, 7) is 0.832. The molecule has 0 unspecified atom stereocenters. The van der Waals surface area contributed by atoms with E-state index in [4.69, 9.17) is 11.5 Å². The van der Waals surface area contributed by atoms with Crippen LogP contribution in [0.3, 0.4) is 0 Å². The van der Waals surface area contributed by atoms with E-state index in [0.29, 0.717) is 13.0 Å². The molecule has 90 valence electrons. The molecule has 0 rings (SSSR count).